The van der Waals surface area contributed by atoms with E-state index in [1.54, 1.807) is 13.0 Å². The summed E-state index contributed by atoms with van der Waals surface area (Å²) in [6, 6.07) is 5.91. The van der Waals surface area contributed by atoms with E-state index in [0.29, 0.717) is 23.4 Å². The zero-order chi connectivity index (χ0) is 12.4. The molecular weight excluding hydrogens is 213 g/mol. The molecule has 94 valence electrons. The van der Waals surface area contributed by atoms with E-state index in [1.165, 1.54) is 19.3 Å². The molecule has 1 aromatic rings. The van der Waals surface area contributed by atoms with Gasteiger partial charge < -0.3 is 5.32 Å². The predicted octanol–water partition coefficient (Wildman–Crippen LogP) is 4.37. The van der Waals surface area contributed by atoms with Gasteiger partial charge in [0, 0.05) is 11.7 Å². The van der Waals surface area contributed by atoms with Crippen LogP contribution >= 0.6 is 0 Å². The first kappa shape index (κ1) is 12.4. The first-order valence-corrected chi connectivity index (χ1v) is 6.60. The molecule has 1 fully saturated rings. The molecule has 0 heterocycles. The molecule has 1 aromatic carbocycles. The Balaban J connectivity index is 2.10. The maximum absolute atomic E-state index is 13.5. The predicted molar refractivity (Wildman–Crippen MR) is 70.7 cm³/mol. The lowest BCUT2D eigenvalue weighted by atomic mass is 9.78. The highest BCUT2D eigenvalue weighted by Gasteiger charge is 2.27. The molecule has 2 atom stereocenters. The summed E-state index contributed by atoms with van der Waals surface area (Å²) in [6.45, 7) is 6.38. The quantitative estimate of drug-likeness (QED) is 0.802. The Kier molecular flexibility index (Phi) is 3.70. The Morgan fingerprint density at radius 1 is 1.18 bits per heavy atom. The van der Waals surface area contributed by atoms with Gasteiger partial charge in [-0.15, -0.1) is 0 Å². The van der Waals surface area contributed by atoms with Crippen LogP contribution in [0.3, 0.4) is 0 Å². The van der Waals surface area contributed by atoms with Gasteiger partial charge in [0.15, 0.2) is 0 Å². The van der Waals surface area contributed by atoms with Crippen LogP contribution in [0.4, 0.5) is 10.1 Å². The second-order valence-corrected chi connectivity index (χ2v) is 5.52. The van der Waals surface area contributed by atoms with E-state index in [2.05, 4.69) is 19.2 Å². The van der Waals surface area contributed by atoms with Gasteiger partial charge in [0.05, 0.1) is 0 Å². The molecule has 1 aliphatic carbocycles. The Morgan fingerprint density at radius 3 is 2.41 bits per heavy atom. The normalized spacial score (nSPS) is 29.1. The molecule has 0 aromatic heterocycles. The molecule has 0 amide bonds. The molecule has 0 spiro atoms. The van der Waals surface area contributed by atoms with Crippen molar-refractivity contribution in [1.82, 2.24) is 0 Å². The van der Waals surface area contributed by atoms with E-state index >= 15 is 0 Å². The minimum absolute atomic E-state index is 0.119. The molecule has 2 rings (SSSR count). The molecule has 1 nitrogen and oxygen atoms in total. The molecule has 17 heavy (non-hydrogen) atoms. The molecule has 0 saturated heterocycles. The van der Waals surface area contributed by atoms with Crippen molar-refractivity contribution in [2.75, 3.05) is 5.32 Å². The number of aryl methyl sites for hydroxylation is 1. The molecule has 0 aliphatic heterocycles. The second kappa shape index (κ2) is 5.07. The first-order valence-electron chi connectivity index (χ1n) is 6.60. The van der Waals surface area contributed by atoms with Gasteiger partial charge in [-0.3, -0.25) is 0 Å². The van der Waals surface area contributed by atoms with Crippen LogP contribution in [0.5, 0.6) is 0 Å². The summed E-state index contributed by atoms with van der Waals surface area (Å²) in [6.07, 6.45) is 3.87. The van der Waals surface area contributed by atoms with E-state index < -0.39 is 0 Å². The van der Waals surface area contributed by atoms with Crippen molar-refractivity contribution in [3.63, 3.8) is 0 Å². The molecule has 1 aliphatic rings. The molecule has 2 heteroatoms. The minimum atomic E-state index is -0.119. The number of hydrogen-bond donors (Lipinski definition) is 1. The highest BCUT2D eigenvalue weighted by atomic mass is 19.1. The maximum atomic E-state index is 13.5. The van der Waals surface area contributed by atoms with Crippen LogP contribution in [-0.2, 0) is 0 Å². The van der Waals surface area contributed by atoms with Crippen molar-refractivity contribution in [2.24, 2.45) is 11.8 Å². The summed E-state index contributed by atoms with van der Waals surface area (Å²) in [4.78, 5) is 0. The summed E-state index contributed by atoms with van der Waals surface area (Å²) >= 11 is 0. The Labute approximate surface area is 103 Å². The van der Waals surface area contributed by atoms with E-state index in [4.69, 9.17) is 0 Å². The lowest BCUT2D eigenvalue weighted by Crippen LogP contribution is -2.37. The smallest absolute Gasteiger partial charge is 0.128 e. The summed E-state index contributed by atoms with van der Waals surface area (Å²) in [5.74, 6) is 1.22. The monoisotopic (exact) mass is 235 g/mol. The number of hydrogen-bond acceptors (Lipinski definition) is 1. The molecule has 0 radical (unpaired) electrons. The second-order valence-electron chi connectivity index (χ2n) is 5.52. The van der Waals surface area contributed by atoms with Gasteiger partial charge in [0.2, 0.25) is 0 Å². The third kappa shape index (κ3) is 2.80. The average Bonchev–Trinajstić information content (AvgIpc) is 2.28. The Bertz CT molecular complexity index is 379. The number of nitrogens with one attached hydrogen (secondary N) is 1. The van der Waals surface area contributed by atoms with Crippen LogP contribution in [0, 0.1) is 24.6 Å². The summed E-state index contributed by atoms with van der Waals surface area (Å²) < 4.78 is 13.5. The first-order chi connectivity index (χ1) is 8.08. The fourth-order valence-electron chi connectivity index (χ4n) is 2.84. The van der Waals surface area contributed by atoms with Crippen LogP contribution in [0.15, 0.2) is 18.2 Å². The maximum Gasteiger partial charge on any atom is 0.128 e. The Morgan fingerprint density at radius 2 is 1.82 bits per heavy atom. The third-order valence-corrected chi connectivity index (χ3v) is 4.05. The largest absolute Gasteiger partial charge is 0.382 e. The number of benzene rings is 1. The number of anilines is 1. The number of rotatable bonds is 2. The van der Waals surface area contributed by atoms with Crippen molar-refractivity contribution in [1.29, 1.82) is 0 Å². The van der Waals surface area contributed by atoms with Crippen LogP contribution < -0.4 is 5.32 Å². The van der Waals surface area contributed by atoms with Crippen LogP contribution in [-0.4, -0.2) is 6.04 Å². The van der Waals surface area contributed by atoms with Gasteiger partial charge in [-0.2, -0.15) is 0 Å². The zero-order valence-corrected chi connectivity index (χ0v) is 11.0. The average molecular weight is 235 g/mol. The molecule has 1 saturated carbocycles. The fraction of sp³-hybridized carbons (Fsp3) is 0.600. The highest BCUT2D eigenvalue weighted by Crippen LogP contribution is 2.31. The van der Waals surface area contributed by atoms with Crippen LogP contribution in [0.1, 0.15) is 38.7 Å². The molecular formula is C15H22FN. The molecule has 2 unspecified atom stereocenters. The number of halogens is 1. The third-order valence-electron chi connectivity index (χ3n) is 4.05. The van der Waals surface area contributed by atoms with E-state index in [-0.39, 0.29) is 5.82 Å². The van der Waals surface area contributed by atoms with Crippen LogP contribution in [0.2, 0.25) is 0 Å². The standard InChI is InChI=1S/C15H22FN/c1-10-7-8-13(9-14(10)16)17-15-11(2)5-4-6-12(15)3/h7-9,11-12,15,17H,4-6H2,1-3H3. The summed E-state index contributed by atoms with van der Waals surface area (Å²) in [5, 5.41) is 3.51. The van der Waals surface area contributed by atoms with E-state index in [0.717, 1.165) is 5.69 Å². The van der Waals surface area contributed by atoms with Crippen molar-refractivity contribution in [3.05, 3.63) is 29.6 Å². The van der Waals surface area contributed by atoms with Crippen molar-refractivity contribution in [2.45, 2.75) is 46.1 Å². The van der Waals surface area contributed by atoms with Gasteiger partial charge >= 0.3 is 0 Å². The van der Waals surface area contributed by atoms with E-state index in [1.807, 2.05) is 12.1 Å². The highest BCUT2D eigenvalue weighted by molar-refractivity contribution is 5.46. The SMILES string of the molecule is Cc1ccc(NC2C(C)CCCC2C)cc1F. The topological polar surface area (TPSA) is 12.0 Å². The van der Waals surface area contributed by atoms with Crippen LogP contribution in [0.25, 0.3) is 0 Å². The van der Waals surface area contributed by atoms with Gasteiger partial charge in [-0.05, 0) is 49.3 Å². The molecule has 1 N–H and O–H groups in total. The van der Waals surface area contributed by atoms with Gasteiger partial charge in [0.1, 0.15) is 5.82 Å². The lowest BCUT2D eigenvalue weighted by Gasteiger charge is -2.36. The Hall–Kier alpha value is -1.05. The van der Waals surface area contributed by atoms with Gasteiger partial charge in [-0.25, -0.2) is 4.39 Å². The lowest BCUT2D eigenvalue weighted by molar-refractivity contribution is 0.268. The van der Waals surface area contributed by atoms with Gasteiger partial charge in [-0.1, -0.05) is 26.3 Å². The van der Waals surface area contributed by atoms with Crippen molar-refractivity contribution < 1.29 is 4.39 Å². The van der Waals surface area contributed by atoms with Gasteiger partial charge in [0.25, 0.3) is 0 Å². The molecule has 0 bridgehead atoms. The zero-order valence-electron chi connectivity index (χ0n) is 11.0. The van der Waals surface area contributed by atoms with Crippen molar-refractivity contribution in [3.8, 4) is 0 Å². The van der Waals surface area contributed by atoms with E-state index in [9.17, 15) is 4.39 Å². The minimum Gasteiger partial charge on any atom is -0.382 e. The fourth-order valence-corrected chi connectivity index (χ4v) is 2.84. The summed E-state index contributed by atoms with van der Waals surface area (Å²) in [5.41, 5.74) is 1.62. The summed E-state index contributed by atoms with van der Waals surface area (Å²) in [7, 11) is 0. The van der Waals surface area contributed by atoms with Crippen molar-refractivity contribution >= 4 is 5.69 Å².